The zero-order chi connectivity index (χ0) is 44.4. The molecule has 0 rings (SSSR count). The molecule has 0 saturated heterocycles. The van der Waals surface area contributed by atoms with Gasteiger partial charge in [-0.2, -0.15) is 0 Å². The summed E-state index contributed by atoms with van der Waals surface area (Å²) in [5.41, 5.74) is -0.772. The molecule has 0 aromatic carbocycles. The Kier molecular flexibility index (Phi) is 39.6. The zero-order valence-electron chi connectivity index (χ0n) is 36.6. The Morgan fingerprint density at radius 3 is 1.20 bits per heavy atom. The second kappa shape index (κ2) is 41.5. The van der Waals surface area contributed by atoms with E-state index in [-0.39, 0.29) is 25.5 Å². The van der Waals surface area contributed by atoms with Gasteiger partial charge >= 0.3 is 12.1 Å². The Balaban J connectivity index is 3.50. The number of nitrogens with one attached hydrogen (secondary N) is 3. The lowest BCUT2D eigenvalue weighted by Gasteiger charge is -2.24. The van der Waals surface area contributed by atoms with E-state index in [1.807, 2.05) is 0 Å². The number of methoxy groups -OCH3 is 1. The fourth-order valence-corrected chi connectivity index (χ4v) is 4.35. The predicted molar refractivity (Wildman–Crippen MR) is 216 cm³/mol. The summed E-state index contributed by atoms with van der Waals surface area (Å²) >= 11 is 0. The van der Waals surface area contributed by atoms with Crippen molar-refractivity contribution >= 4 is 23.9 Å². The molecule has 0 aliphatic carbocycles. The van der Waals surface area contributed by atoms with Crippen molar-refractivity contribution in [1.82, 2.24) is 16.0 Å². The number of carbonyl (C=O) groups is 4. The number of rotatable bonds is 44. The van der Waals surface area contributed by atoms with E-state index in [0.717, 1.165) is 0 Å². The average Bonchev–Trinajstić information content (AvgIpc) is 3.19. The number of carbonyl (C=O) groups excluding carboxylic acids is 3. The highest BCUT2D eigenvalue weighted by atomic mass is 16.6. The maximum atomic E-state index is 12.6. The number of ether oxygens (including phenoxy) is 13. The zero-order valence-corrected chi connectivity index (χ0v) is 36.6. The van der Waals surface area contributed by atoms with Crippen LogP contribution >= 0.6 is 0 Å². The van der Waals surface area contributed by atoms with E-state index in [9.17, 15) is 19.2 Å². The summed E-state index contributed by atoms with van der Waals surface area (Å²) < 4.78 is 69.8. The topological polar surface area (TPSA) is 245 Å². The maximum absolute atomic E-state index is 12.6. The highest BCUT2D eigenvalue weighted by Crippen LogP contribution is 2.09. The van der Waals surface area contributed by atoms with E-state index in [4.69, 9.17) is 66.7 Å². The number of carboxylic acid groups (broad SMARTS) is 1. The Hall–Kier alpha value is -2.80. The molecular formula is C39H75N3O18. The van der Waals surface area contributed by atoms with Gasteiger partial charge in [0.25, 0.3) is 0 Å². The molecule has 3 amide bonds. The summed E-state index contributed by atoms with van der Waals surface area (Å²) in [5.74, 6) is -2.15. The Bertz CT molecular complexity index is 1040. The summed E-state index contributed by atoms with van der Waals surface area (Å²) in [5, 5.41) is 16.6. The minimum Gasteiger partial charge on any atom is -0.480 e. The second-order valence-electron chi connectivity index (χ2n) is 13.8. The molecule has 0 bridgehead atoms. The second-order valence-corrected chi connectivity index (χ2v) is 13.8. The van der Waals surface area contributed by atoms with Gasteiger partial charge in [-0.25, -0.2) is 4.79 Å². The Morgan fingerprint density at radius 1 is 0.517 bits per heavy atom. The molecule has 2 unspecified atom stereocenters. The summed E-state index contributed by atoms with van der Waals surface area (Å²) in [6.07, 6.45) is 0.397. The lowest BCUT2D eigenvalue weighted by molar-refractivity contribution is -0.141. The third kappa shape index (κ3) is 41.9. The van der Waals surface area contributed by atoms with Gasteiger partial charge < -0.3 is 82.6 Å². The number of unbranched alkanes of at least 4 members (excludes halogenated alkanes) is 1. The van der Waals surface area contributed by atoms with Gasteiger partial charge in [-0.05, 0) is 47.0 Å². The molecule has 60 heavy (non-hydrogen) atoms. The first kappa shape index (κ1) is 57.2. The van der Waals surface area contributed by atoms with Gasteiger partial charge in [-0.15, -0.1) is 0 Å². The van der Waals surface area contributed by atoms with Crippen molar-refractivity contribution in [2.75, 3.05) is 166 Å². The van der Waals surface area contributed by atoms with Gasteiger partial charge in [0.05, 0.1) is 145 Å². The van der Waals surface area contributed by atoms with Crippen molar-refractivity contribution in [1.29, 1.82) is 0 Å². The lowest BCUT2D eigenvalue weighted by atomic mass is 10.1. The van der Waals surface area contributed by atoms with E-state index in [0.29, 0.717) is 158 Å². The molecule has 0 fully saturated rings. The lowest BCUT2D eigenvalue weighted by Crippen LogP contribution is -2.51. The highest BCUT2D eigenvalue weighted by molar-refractivity contribution is 5.89. The molecule has 354 valence electrons. The van der Waals surface area contributed by atoms with Gasteiger partial charge in [0.2, 0.25) is 11.8 Å². The first-order valence-corrected chi connectivity index (χ1v) is 20.6. The number of carboxylic acids is 1. The number of aliphatic carboxylic acids is 1. The van der Waals surface area contributed by atoms with Crippen molar-refractivity contribution in [2.24, 2.45) is 0 Å². The fourth-order valence-electron chi connectivity index (χ4n) is 4.35. The summed E-state index contributed by atoms with van der Waals surface area (Å²) in [6.45, 7) is 16.7. The molecule has 0 aromatic rings. The monoisotopic (exact) mass is 874 g/mol. The molecular weight excluding hydrogens is 798 g/mol. The van der Waals surface area contributed by atoms with Crippen molar-refractivity contribution in [3.8, 4) is 0 Å². The first-order chi connectivity index (χ1) is 29.0. The van der Waals surface area contributed by atoms with E-state index in [1.54, 1.807) is 27.9 Å². The van der Waals surface area contributed by atoms with Gasteiger partial charge in [0.1, 0.15) is 24.3 Å². The van der Waals surface area contributed by atoms with Crippen LogP contribution in [0, 0.1) is 0 Å². The Labute approximate surface area is 355 Å². The third-order valence-electron chi connectivity index (χ3n) is 7.36. The normalized spacial score (nSPS) is 12.6. The van der Waals surface area contributed by atoms with Crippen molar-refractivity contribution in [3.63, 3.8) is 0 Å². The average molecular weight is 874 g/mol. The van der Waals surface area contributed by atoms with Crippen LogP contribution < -0.4 is 16.0 Å². The number of alkyl carbamates (subject to hydrolysis) is 1. The third-order valence-corrected chi connectivity index (χ3v) is 7.36. The van der Waals surface area contributed by atoms with Gasteiger partial charge in [0.15, 0.2) is 0 Å². The molecule has 0 radical (unpaired) electrons. The maximum Gasteiger partial charge on any atom is 0.408 e. The van der Waals surface area contributed by atoms with Gasteiger partial charge in [-0.1, -0.05) is 0 Å². The SMILES string of the molecule is COCCOCCOCCOCCOCCOCCOCCOCCOCCOCCOCCOCC(=O)NCCCCC(NC(=O)OC(C)(C)C)C(=O)NC(C)C(=O)O. The molecule has 0 aromatic heterocycles. The van der Waals surface area contributed by atoms with Crippen LogP contribution in [0.5, 0.6) is 0 Å². The number of hydrogen-bond acceptors (Lipinski definition) is 17. The highest BCUT2D eigenvalue weighted by Gasteiger charge is 2.26. The largest absolute Gasteiger partial charge is 0.480 e. The Morgan fingerprint density at radius 2 is 0.867 bits per heavy atom. The molecule has 21 heteroatoms. The van der Waals surface area contributed by atoms with Gasteiger partial charge in [-0.3, -0.25) is 14.4 Å². The fraction of sp³-hybridized carbons (Fsp3) is 0.897. The number of hydrogen-bond donors (Lipinski definition) is 4. The number of amides is 3. The first-order valence-electron chi connectivity index (χ1n) is 20.6. The van der Waals surface area contributed by atoms with E-state index in [1.165, 1.54) is 6.92 Å². The van der Waals surface area contributed by atoms with Gasteiger partial charge in [0, 0.05) is 13.7 Å². The summed E-state index contributed by atoms with van der Waals surface area (Å²) in [7, 11) is 1.64. The molecule has 0 aliphatic heterocycles. The van der Waals surface area contributed by atoms with Crippen LogP contribution in [-0.2, 0) is 76.0 Å². The van der Waals surface area contributed by atoms with Crippen LogP contribution in [0.3, 0.4) is 0 Å². The van der Waals surface area contributed by atoms with Crippen LogP contribution in [-0.4, -0.2) is 212 Å². The molecule has 2 atom stereocenters. The van der Waals surface area contributed by atoms with Crippen molar-refractivity contribution in [3.05, 3.63) is 0 Å². The molecule has 4 N–H and O–H groups in total. The molecule has 0 saturated carbocycles. The van der Waals surface area contributed by atoms with Crippen molar-refractivity contribution < 1.29 is 85.9 Å². The molecule has 0 aliphatic rings. The smallest absolute Gasteiger partial charge is 0.408 e. The standard InChI is InChI=1S/C39H75N3O18/c1-33(37(45)46)41-36(44)34(42-38(47)60-39(2,3)4)8-6-7-9-40-35(43)32-59-31-30-58-29-28-57-27-26-56-25-24-55-23-22-54-21-20-53-19-18-52-17-16-51-15-14-50-13-12-49-11-10-48-5/h33-34H,6-32H2,1-5H3,(H,40,43)(H,41,44)(H,42,47)(H,45,46). The summed E-state index contributed by atoms with van der Waals surface area (Å²) in [4.78, 5) is 47.9. The molecule has 0 spiro atoms. The van der Waals surface area contributed by atoms with Crippen LogP contribution in [0.2, 0.25) is 0 Å². The van der Waals surface area contributed by atoms with E-state index in [2.05, 4.69) is 16.0 Å². The minimum atomic E-state index is -1.20. The van der Waals surface area contributed by atoms with Crippen LogP contribution in [0.4, 0.5) is 4.79 Å². The predicted octanol–water partition coefficient (Wildman–Crippen LogP) is 0.585. The minimum absolute atomic E-state index is 0.137. The van der Waals surface area contributed by atoms with E-state index < -0.39 is 35.7 Å². The molecule has 0 heterocycles. The van der Waals surface area contributed by atoms with Crippen LogP contribution in [0.25, 0.3) is 0 Å². The quantitative estimate of drug-likeness (QED) is 0.0612. The van der Waals surface area contributed by atoms with Crippen molar-refractivity contribution in [2.45, 2.75) is 64.6 Å². The van der Waals surface area contributed by atoms with E-state index >= 15 is 0 Å². The van der Waals surface area contributed by atoms with Crippen LogP contribution in [0.15, 0.2) is 0 Å². The summed E-state index contributed by atoms with van der Waals surface area (Å²) in [6, 6.07) is -2.13. The molecule has 21 nitrogen and oxygen atoms in total. The van der Waals surface area contributed by atoms with Crippen LogP contribution in [0.1, 0.15) is 47.0 Å².